The molecule has 2 aromatic heterocycles. The number of para-hydroxylation sites is 3. The van der Waals surface area contributed by atoms with Crippen LogP contribution in [-0.2, 0) is 6.54 Å². The highest BCUT2D eigenvalue weighted by molar-refractivity contribution is 5.72. The third-order valence-corrected chi connectivity index (χ3v) is 5.50. The Labute approximate surface area is 174 Å². The van der Waals surface area contributed by atoms with Crippen LogP contribution < -0.4 is 4.74 Å². The van der Waals surface area contributed by atoms with Gasteiger partial charge in [0.25, 0.3) is 0 Å². The van der Waals surface area contributed by atoms with Gasteiger partial charge >= 0.3 is 0 Å². The standard InChI is InChI=1S/C23H24N4O3/c1-2-28-19-9-5-3-7-17(19)22-25-21(30-26-22)15-27-13-11-16(12-14-27)23-24-18-8-4-6-10-20(18)29-23/h3-10,16H,2,11-15H2,1H3. The van der Waals surface area contributed by atoms with Gasteiger partial charge in [0.1, 0.15) is 11.3 Å². The van der Waals surface area contributed by atoms with Crippen molar-refractivity contribution in [3.63, 3.8) is 0 Å². The Hall–Kier alpha value is -3.19. The molecule has 4 aromatic rings. The zero-order chi connectivity index (χ0) is 20.3. The molecule has 2 aromatic carbocycles. The summed E-state index contributed by atoms with van der Waals surface area (Å²) in [5.74, 6) is 3.16. The van der Waals surface area contributed by atoms with Crippen LogP contribution in [0.15, 0.2) is 57.5 Å². The molecule has 154 valence electrons. The van der Waals surface area contributed by atoms with Crippen LogP contribution in [0.4, 0.5) is 0 Å². The summed E-state index contributed by atoms with van der Waals surface area (Å²) >= 11 is 0. The molecule has 7 nitrogen and oxygen atoms in total. The first-order valence-corrected chi connectivity index (χ1v) is 10.4. The summed E-state index contributed by atoms with van der Waals surface area (Å²) in [5, 5.41) is 4.16. The Kier molecular flexibility index (Phi) is 5.19. The summed E-state index contributed by atoms with van der Waals surface area (Å²) in [7, 11) is 0. The van der Waals surface area contributed by atoms with E-state index in [0.29, 0.717) is 30.8 Å². The van der Waals surface area contributed by atoms with Crippen molar-refractivity contribution in [2.45, 2.75) is 32.2 Å². The molecule has 30 heavy (non-hydrogen) atoms. The van der Waals surface area contributed by atoms with E-state index in [1.807, 2.05) is 55.5 Å². The number of hydrogen-bond donors (Lipinski definition) is 0. The van der Waals surface area contributed by atoms with Crippen LogP contribution in [0.3, 0.4) is 0 Å². The van der Waals surface area contributed by atoms with E-state index in [9.17, 15) is 0 Å². The summed E-state index contributed by atoms with van der Waals surface area (Å²) in [6, 6.07) is 15.7. The third kappa shape index (κ3) is 3.80. The van der Waals surface area contributed by atoms with Crippen molar-refractivity contribution in [3.05, 3.63) is 60.3 Å². The molecule has 0 spiro atoms. The lowest BCUT2D eigenvalue weighted by atomic mass is 9.97. The van der Waals surface area contributed by atoms with E-state index >= 15 is 0 Å². The molecule has 0 saturated carbocycles. The van der Waals surface area contributed by atoms with Crippen molar-refractivity contribution in [3.8, 4) is 17.1 Å². The first-order chi connectivity index (χ1) is 14.8. The topological polar surface area (TPSA) is 77.4 Å². The molecule has 1 aliphatic rings. The molecule has 0 N–H and O–H groups in total. The Morgan fingerprint density at radius 2 is 1.83 bits per heavy atom. The van der Waals surface area contributed by atoms with Crippen LogP contribution in [0, 0.1) is 0 Å². The average molecular weight is 404 g/mol. The number of likely N-dealkylation sites (tertiary alicyclic amines) is 1. The maximum Gasteiger partial charge on any atom is 0.241 e. The molecule has 0 atom stereocenters. The second-order valence-electron chi connectivity index (χ2n) is 7.51. The van der Waals surface area contributed by atoms with E-state index in [2.05, 4.69) is 20.0 Å². The molecule has 3 heterocycles. The molecular formula is C23H24N4O3. The summed E-state index contributed by atoms with van der Waals surface area (Å²) in [6.07, 6.45) is 2.00. The van der Waals surface area contributed by atoms with Crippen molar-refractivity contribution in [2.24, 2.45) is 0 Å². The lowest BCUT2D eigenvalue weighted by molar-refractivity contribution is 0.173. The fraction of sp³-hybridized carbons (Fsp3) is 0.348. The monoisotopic (exact) mass is 404 g/mol. The van der Waals surface area contributed by atoms with Crippen molar-refractivity contribution < 1.29 is 13.7 Å². The normalized spacial score (nSPS) is 15.6. The van der Waals surface area contributed by atoms with Crippen LogP contribution in [0.5, 0.6) is 5.75 Å². The minimum atomic E-state index is 0.352. The van der Waals surface area contributed by atoms with Gasteiger partial charge in [-0.15, -0.1) is 0 Å². The van der Waals surface area contributed by atoms with Crippen molar-refractivity contribution in [1.82, 2.24) is 20.0 Å². The van der Waals surface area contributed by atoms with E-state index in [0.717, 1.165) is 54.2 Å². The number of oxazole rings is 1. The Morgan fingerprint density at radius 3 is 2.67 bits per heavy atom. The molecule has 0 unspecified atom stereocenters. The van der Waals surface area contributed by atoms with Gasteiger partial charge in [0.2, 0.25) is 11.7 Å². The summed E-state index contributed by atoms with van der Waals surface area (Å²) < 4.78 is 17.2. The zero-order valence-corrected chi connectivity index (χ0v) is 17.0. The van der Waals surface area contributed by atoms with Gasteiger partial charge in [-0.2, -0.15) is 4.98 Å². The van der Waals surface area contributed by atoms with Gasteiger partial charge in [-0.3, -0.25) is 4.90 Å². The van der Waals surface area contributed by atoms with Gasteiger partial charge in [-0.25, -0.2) is 4.98 Å². The van der Waals surface area contributed by atoms with Crippen LogP contribution in [0.2, 0.25) is 0 Å². The highest BCUT2D eigenvalue weighted by Gasteiger charge is 2.26. The molecular weight excluding hydrogens is 380 g/mol. The van der Waals surface area contributed by atoms with E-state index in [1.54, 1.807) is 0 Å². The smallest absolute Gasteiger partial charge is 0.241 e. The lowest BCUT2D eigenvalue weighted by Crippen LogP contribution is -2.32. The molecule has 1 fully saturated rings. The first kappa shape index (κ1) is 18.8. The van der Waals surface area contributed by atoms with Crippen LogP contribution >= 0.6 is 0 Å². The second kappa shape index (κ2) is 8.28. The number of benzene rings is 2. The molecule has 0 bridgehead atoms. The van der Waals surface area contributed by atoms with E-state index < -0.39 is 0 Å². The number of piperidine rings is 1. The summed E-state index contributed by atoms with van der Waals surface area (Å²) in [6.45, 7) is 5.08. The number of nitrogens with zero attached hydrogens (tertiary/aromatic N) is 4. The predicted octanol–water partition coefficient (Wildman–Crippen LogP) is 4.66. The van der Waals surface area contributed by atoms with Gasteiger partial charge < -0.3 is 13.7 Å². The fourth-order valence-electron chi connectivity index (χ4n) is 3.96. The fourth-order valence-corrected chi connectivity index (χ4v) is 3.96. The van der Waals surface area contributed by atoms with Gasteiger partial charge in [-0.1, -0.05) is 29.4 Å². The van der Waals surface area contributed by atoms with Crippen LogP contribution in [-0.4, -0.2) is 39.7 Å². The molecule has 0 radical (unpaired) electrons. The molecule has 7 heteroatoms. The van der Waals surface area contributed by atoms with E-state index in [-0.39, 0.29) is 0 Å². The zero-order valence-electron chi connectivity index (χ0n) is 17.0. The minimum absolute atomic E-state index is 0.352. The van der Waals surface area contributed by atoms with Crippen LogP contribution in [0.1, 0.15) is 37.5 Å². The lowest BCUT2D eigenvalue weighted by Gasteiger charge is -2.29. The molecule has 0 aliphatic carbocycles. The van der Waals surface area contributed by atoms with E-state index in [4.69, 9.17) is 13.7 Å². The Balaban J connectivity index is 1.22. The van der Waals surface area contributed by atoms with Gasteiger partial charge in [-0.05, 0) is 57.1 Å². The van der Waals surface area contributed by atoms with Crippen LogP contribution in [0.25, 0.3) is 22.5 Å². The van der Waals surface area contributed by atoms with Gasteiger partial charge in [0, 0.05) is 5.92 Å². The van der Waals surface area contributed by atoms with Gasteiger partial charge in [0.05, 0.1) is 18.7 Å². The Bertz CT molecular complexity index is 1100. The number of ether oxygens (including phenoxy) is 1. The Morgan fingerprint density at radius 1 is 1.03 bits per heavy atom. The number of rotatable bonds is 6. The van der Waals surface area contributed by atoms with Crippen molar-refractivity contribution in [2.75, 3.05) is 19.7 Å². The highest BCUT2D eigenvalue weighted by Crippen LogP contribution is 2.31. The SMILES string of the molecule is CCOc1ccccc1-c1noc(CN2CCC(c3nc4ccccc4o3)CC2)n1. The third-order valence-electron chi connectivity index (χ3n) is 5.50. The molecule has 0 amide bonds. The maximum absolute atomic E-state index is 5.96. The predicted molar refractivity (Wildman–Crippen MR) is 112 cm³/mol. The molecule has 1 saturated heterocycles. The maximum atomic E-state index is 5.96. The summed E-state index contributed by atoms with van der Waals surface area (Å²) in [4.78, 5) is 11.6. The van der Waals surface area contributed by atoms with Crippen molar-refractivity contribution in [1.29, 1.82) is 0 Å². The number of aromatic nitrogens is 3. The molecule has 5 rings (SSSR count). The van der Waals surface area contributed by atoms with E-state index in [1.165, 1.54) is 0 Å². The quantitative estimate of drug-likeness (QED) is 0.463. The van der Waals surface area contributed by atoms with Gasteiger partial charge in [0.15, 0.2) is 11.5 Å². The minimum Gasteiger partial charge on any atom is -0.493 e. The largest absolute Gasteiger partial charge is 0.493 e. The first-order valence-electron chi connectivity index (χ1n) is 10.4. The second-order valence-corrected chi connectivity index (χ2v) is 7.51. The molecule has 1 aliphatic heterocycles. The number of fused-ring (bicyclic) bond motifs is 1. The number of hydrogen-bond acceptors (Lipinski definition) is 7. The average Bonchev–Trinajstić information content (AvgIpc) is 3.42. The van der Waals surface area contributed by atoms with Crippen molar-refractivity contribution >= 4 is 11.1 Å². The summed E-state index contributed by atoms with van der Waals surface area (Å²) in [5.41, 5.74) is 2.64. The highest BCUT2D eigenvalue weighted by atomic mass is 16.5.